The van der Waals surface area contributed by atoms with Crippen LogP contribution in [0.2, 0.25) is 0 Å². The minimum atomic E-state index is 0.450. The Kier molecular flexibility index (Phi) is 7.14. The van der Waals surface area contributed by atoms with Crippen molar-refractivity contribution in [3.8, 4) is 0 Å². The van der Waals surface area contributed by atoms with E-state index in [2.05, 4.69) is 69.2 Å². The fourth-order valence-corrected chi connectivity index (χ4v) is 5.85. The maximum Gasteiger partial charge on any atom is -0.0190 e. The Bertz CT molecular complexity index is 229. The Balaban J connectivity index is 6.15. The van der Waals surface area contributed by atoms with E-state index >= 15 is 0 Å². The minimum absolute atomic E-state index is 0.450. The number of hydrogen-bond donors (Lipinski definition) is 0. The zero-order valence-electron chi connectivity index (χ0n) is 15.4. The summed E-state index contributed by atoms with van der Waals surface area (Å²) in [4.78, 5) is 0. The molecule has 0 aromatic rings. The van der Waals surface area contributed by atoms with Gasteiger partial charge in [-0.1, -0.05) is 75.7 Å². The SMILES string of the molecule is CCCC(C(C)C)(C(C)C)C(CC)(C(C)C)C(C)C. The molecule has 0 spiro atoms. The summed E-state index contributed by atoms with van der Waals surface area (Å²) >= 11 is 0. The third-order valence-corrected chi connectivity index (χ3v) is 6.24. The van der Waals surface area contributed by atoms with Crippen molar-refractivity contribution in [3.63, 3.8) is 0 Å². The standard InChI is InChI=1S/C19H40/c1-11-13-19(16(7)8,17(9)10)18(12-2,14(3)4)15(5)6/h14-17H,11-13H2,1-10H3. The van der Waals surface area contributed by atoms with E-state index in [0.717, 1.165) is 23.7 Å². The zero-order chi connectivity index (χ0) is 15.4. The highest BCUT2D eigenvalue weighted by Crippen LogP contribution is 2.62. The van der Waals surface area contributed by atoms with Crippen molar-refractivity contribution in [2.24, 2.45) is 34.5 Å². The molecule has 19 heavy (non-hydrogen) atoms. The van der Waals surface area contributed by atoms with Gasteiger partial charge in [-0.15, -0.1) is 0 Å². The van der Waals surface area contributed by atoms with Crippen molar-refractivity contribution < 1.29 is 0 Å². The maximum absolute atomic E-state index is 2.46. The van der Waals surface area contributed by atoms with E-state index in [1.807, 2.05) is 0 Å². The van der Waals surface area contributed by atoms with Gasteiger partial charge in [-0.05, 0) is 47.3 Å². The van der Waals surface area contributed by atoms with E-state index in [4.69, 9.17) is 0 Å². The molecule has 0 unspecified atom stereocenters. The Morgan fingerprint density at radius 1 is 0.579 bits per heavy atom. The lowest BCUT2D eigenvalue weighted by molar-refractivity contribution is -0.127. The van der Waals surface area contributed by atoms with E-state index in [-0.39, 0.29) is 0 Å². The number of rotatable bonds is 8. The van der Waals surface area contributed by atoms with Gasteiger partial charge in [0, 0.05) is 0 Å². The highest BCUT2D eigenvalue weighted by Gasteiger charge is 2.55. The number of hydrogen-bond acceptors (Lipinski definition) is 0. The molecule has 116 valence electrons. The van der Waals surface area contributed by atoms with Crippen LogP contribution in [0.25, 0.3) is 0 Å². The molecular weight excluding hydrogens is 228 g/mol. The third-order valence-electron chi connectivity index (χ3n) is 6.24. The average Bonchev–Trinajstić information content (AvgIpc) is 2.27. The summed E-state index contributed by atoms with van der Waals surface area (Å²) in [6.45, 7) is 24.5. The third kappa shape index (κ3) is 2.88. The molecule has 0 amide bonds. The molecule has 0 heterocycles. The molecule has 0 heteroatoms. The first-order valence-corrected chi connectivity index (χ1v) is 8.64. The Labute approximate surface area is 123 Å². The van der Waals surface area contributed by atoms with Crippen molar-refractivity contribution in [1.82, 2.24) is 0 Å². The first-order chi connectivity index (χ1) is 8.64. The fourth-order valence-electron chi connectivity index (χ4n) is 5.85. The quantitative estimate of drug-likeness (QED) is 0.454. The van der Waals surface area contributed by atoms with Crippen LogP contribution in [0.15, 0.2) is 0 Å². The predicted molar refractivity (Wildman–Crippen MR) is 89.4 cm³/mol. The fraction of sp³-hybridized carbons (Fsp3) is 1.00. The first kappa shape index (κ1) is 19.0. The maximum atomic E-state index is 2.46. The topological polar surface area (TPSA) is 0 Å². The zero-order valence-corrected chi connectivity index (χ0v) is 15.4. The van der Waals surface area contributed by atoms with Crippen molar-refractivity contribution in [2.75, 3.05) is 0 Å². The van der Waals surface area contributed by atoms with Crippen molar-refractivity contribution in [3.05, 3.63) is 0 Å². The molecule has 0 N–H and O–H groups in total. The molecular formula is C19H40. The van der Waals surface area contributed by atoms with Crippen LogP contribution >= 0.6 is 0 Å². The largest absolute Gasteiger partial charge is 0.0654 e. The summed E-state index contributed by atoms with van der Waals surface area (Å²) < 4.78 is 0. The van der Waals surface area contributed by atoms with Gasteiger partial charge < -0.3 is 0 Å². The lowest BCUT2D eigenvalue weighted by Crippen LogP contribution is -2.54. The lowest BCUT2D eigenvalue weighted by Gasteiger charge is -2.61. The molecule has 0 radical (unpaired) electrons. The Morgan fingerprint density at radius 2 is 0.895 bits per heavy atom. The summed E-state index contributed by atoms with van der Waals surface area (Å²) in [5, 5.41) is 0. The van der Waals surface area contributed by atoms with E-state index in [1.165, 1.54) is 19.3 Å². The highest BCUT2D eigenvalue weighted by molar-refractivity contribution is 5.03. The molecule has 0 aromatic heterocycles. The van der Waals surface area contributed by atoms with Crippen LogP contribution in [-0.4, -0.2) is 0 Å². The summed E-state index contributed by atoms with van der Waals surface area (Å²) in [6.07, 6.45) is 3.97. The average molecular weight is 269 g/mol. The van der Waals surface area contributed by atoms with Crippen LogP contribution < -0.4 is 0 Å². The molecule has 0 saturated carbocycles. The summed E-state index contributed by atoms with van der Waals surface area (Å²) in [7, 11) is 0. The molecule has 0 aliphatic carbocycles. The van der Waals surface area contributed by atoms with Gasteiger partial charge in [-0.2, -0.15) is 0 Å². The molecule has 0 fully saturated rings. The molecule has 0 atom stereocenters. The molecule has 0 aliphatic heterocycles. The summed E-state index contributed by atoms with van der Waals surface area (Å²) in [6, 6.07) is 0. The normalized spacial score (nSPS) is 14.2. The van der Waals surface area contributed by atoms with Crippen molar-refractivity contribution >= 4 is 0 Å². The van der Waals surface area contributed by atoms with E-state index in [1.54, 1.807) is 0 Å². The Morgan fingerprint density at radius 3 is 1.05 bits per heavy atom. The van der Waals surface area contributed by atoms with Gasteiger partial charge in [0.1, 0.15) is 0 Å². The monoisotopic (exact) mass is 268 g/mol. The summed E-state index contributed by atoms with van der Waals surface area (Å²) in [5.74, 6) is 2.98. The first-order valence-electron chi connectivity index (χ1n) is 8.64. The van der Waals surface area contributed by atoms with Crippen LogP contribution in [0, 0.1) is 34.5 Å². The van der Waals surface area contributed by atoms with Crippen molar-refractivity contribution in [2.45, 2.75) is 88.5 Å². The van der Waals surface area contributed by atoms with Crippen molar-refractivity contribution in [1.29, 1.82) is 0 Å². The molecule has 0 rings (SSSR count). The molecule has 0 nitrogen and oxygen atoms in total. The Hall–Kier alpha value is 0. The minimum Gasteiger partial charge on any atom is -0.0654 e. The van der Waals surface area contributed by atoms with E-state index < -0.39 is 0 Å². The van der Waals surface area contributed by atoms with E-state index in [9.17, 15) is 0 Å². The lowest BCUT2D eigenvalue weighted by atomic mass is 9.44. The predicted octanol–water partition coefficient (Wildman–Crippen LogP) is 6.79. The highest BCUT2D eigenvalue weighted by atomic mass is 14.6. The van der Waals surface area contributed by atoms with Gasteiger partial charge in [-0.25, -0.2) is 0 Å². The second kappa shape index (κ2) is 7.14. The molecule has 0 bridgehead atoms. The second-order valence-corrected chi connectivity index (χ2v) is 7.80. The van der Waals surface area contributed by atoms with Gasteiger partial charge in [-0.3, -0.25) is 0 Å². The van der Waals surface area contributed by atoms with Crippen LogP contribution in [0.3, 0.4) is 0 Å². The van der Waals surface area contributed by atoms with Gasteiger partial charge >= 0.3 is 0 Å². The van der Waals surface area contributed by atoms with E-state index in [0.29, 0.717) is 10.8 Å². The van der Waals surface area contributed by atoms with Crippen LogP contribution in [0.5, 0.6) is 0 Å². The second-order valence-electron chi connectivity index (χ2n) is 7.80. The van der Waals surface area contributed by atoms with Crippen LogP contribution in [0.1, 0.15) is 88.5 Å². The van der Waals surface area contributed by atoms with Crippen LogP contribution in [0.4, 0.5) is 0 Å². The molecule has 0 saturated heterocycles. The van der Waals surface area contributed by atoms with Gasteiger partial charge in [0.25, 0.3) is 0 Å². The van der Waals surface area contributed by atoms with Gasteiger partial charge in [0.2, 0.25) is 0 Å². The molecule has 0 aromatic carbocycles. The smallest absolute Gasteiger partial charge is 0.0190 e. The van der Waals surface area contributed by atoms with Gasteiger partial charge in [0.15, 0.2) is 0 Å². The van der Waals surface area contributed by atoms with Crippen LogP contribution in [-0.2, 0) is 0 Å². The van der Waals surface area contributed by atoms with Gasteiger partial charge in [0.05, 0.1) is 0 Å². The summed E-state index contributed by atoms with van der Waals surface area (Å²) in [5.41, 5.74) is 0.907. The molecule has 0 aliphatic rings.